The zero-order chi connectivity index (χ0) is 31.2. The lowest BCUT2D eigenvalue weighted by Gasteiger charge is -2.13. The Morgan fingerprint density at radius 2 is 1.60 bits per heavy atom. The summed E-state index contributed by atoms with van der Waals surface area (Å²) in [5.74, 6) is 0.0386. The van der Waals surface area contributed by atoms with Crippen molar-refractivity contribution in [2.24, 2.45) is 0 Å². The number of benzene rings is 2. The Kier molecular flexibility index (Phi) is 12.9. The summed E-state index contributed by atoms with van der Waals surface area (Å²) in [7, 11) is -1.59. The quantitative estimate of drug-likeness (QED) is 0.113. The number of aryl methyl sites for hydroxylation is 1. The number of carbonyl (C=O) groups excluding carboxylic acids is 3. The van der Waals surface area contributed by atoms with Gasteiger partial charge < -0.3 is 29.2 Å². The number of carboxylic acid groups (broad SMARTS) is 1. The van der Waals surface area contributed by atoms with E-state index < -0.39 is 34.2 Å². The number of nitrogens with zero attached hydrogens (tertiary/aromatic N) is 1. The molecule has 3 aromatic rings. The number of nitrogens with one attached hydrogen (secondary N) is 2. The van der Waals surface area contributed by atoms with Gasteiger partial charge in [-0.2, -0.15) is 0 Å². The molecule has 0 spiro atoms. The van der Waals surface area contributed by atoms with E-state index >= 15 is 0 Å². The molecule has 1 atom stereocenters. The van der Waals surface area contributed by atoms with Gasteiger partial charge >= 0.3 is 18.2 Å². The second kappa shape index (κ2) is 16.6. The Morgan fingerprint density at radius 3 is 2.21 bits per heavy atom. The van der Waals surface area contributed by atoms with Crippen molar-refractivity contribution in [3.8, 4) is 22.4 Å². The van der Waals surface area contributed by atoms with Gasteiger partial charge in [0.2, 0.25) is 0 Å². The van der Waals surface area contributed by atoms with Gasteiger partial charge in [-0.15, -0.1) is 0 Å². The average Bonchev–Trinajstić information content (AvgIpc) is 3.37. The lowest BCUT2D eigenvalue weighted by atomic mass is 10.00. The standard InChI is InChI=1S/C27H29N3O10S3/c1-18-23(19-6-3-2-4-7-19)24(29-40-18)20-9-11-21(12-10-20)43(36,37)30-27(35)39-15-17-42-41-16-14-38-26(34)28-22(25(32)33)8-5-13-31/h2-4,6-7,9-13,22H,5,8,14-17H2,1H3,(H,28,34)(H,30,35)(H,32,33). The molecule has 13 nitrogen and oxygen atoms in total. The molecule has 3 N–H and O–H groups in total. The number of sulfonamides is 1. The van der Waals surface area contributed by atoms with E-state index in [0.29, 0.717) is 34.8 Å². The van der Waals surface area contributed by atoms with Gasteiger partial charge in [-0.05, 0) is 31.0 Å². The molecule has 1 aromatic heterocycles. The minimum absolute atomic E-state index is 0.00820. The van der Waals surface area contributed by atoms with Crippen molar-refractivity contribution in [2.45, 2.75) is 30.7 Å². The lowest BCUT2D eigenvalue weighted by Crippen LogP contribution is -2.41. The van der Waals surface area contributed by atoms with E-state index in [2.05, 4.69) is 10.5 Å². The molecule has 16 heteroatoms. The molecule has 0 bridgehead atoms. The Hall–Kier alpha value is -4.02. The predicted octanol–water partition coefficient (Wildman–Crippen LogP) is 4.27. The van der Waals surface area contributed by atoms with Crippen molar-refractivity contribution in [3.05, 3.63) is 60.4 Å². The van der Waals surface area contributed by atoms with E-state index in [4.69, 9.17) is 19.1 Å². The van der Waals surface area contributed by atoms with Gasteiger partial charge in [0.25, 0.3) is 10.0 Å². The zero-order valence-corrected chi connectivity index (χ0v) is 25.3. The molecule has 2 aromatic carbocycles. The molecule has 3 rings (SSSR count). The van der Waals surface area contributed by atoms with Crippen LogP contribution in [-0.4, -0.2) is 73.9 Å². The Labute approximate surface area is 255 Å². The van der Waals surface area contributed by atoms with Crippen molar-refractivity contribution in [2.75, 3.05) is 24.7 Å². The van der Waals surface area contributed by atoms with Gasteiger partial charge in [0.15, 0.2) is 0 Å². The molecule has 0 aliphatic rings. The number of hydrogen-bond acceptors (Lipinski definition) is 12. The molecule has 0 saturated carbocycles. The highest BCUT2D eigenvalue weighted by Crippen LogP contribution is 2.34. The molecule has 1 heterocycles. The number of aliphatic carboxylic acids is 1. The third-order valence-electron chi connectivity index (χ3n) is 5.63. The summed E-state index contributed by atoms with van der Waals surface area (Å²) in [6.45, 7) is 1.71. The Bertz CT molecular complexity index is 1500. The fourth-order valence-electron chi connectivity index (χ4n) is 3.63. The van der Waals surface area contributed by atoms with Crippen LogP contribution in [0.1, 0.15) is 18.6 Å². The first-order valence-electron chi connectivity index (χ1n) is 12.8. The van der Waals surface area contributed by atoms with Gasteiger partial charge in [-0.1, -0.05) is 69.2 Å². The second-order valence-electron chi connectivity index (χ2n) is 8.65. The van der Waals surface area contributed by atoms with E-state index in [1.165, 1.54) is 33.7 Å². The molecule has 43 heavy (non-hydrogen) atoms. The zero-order valence-electron chi connectivity index (χ0n) is 22.9. The normalized spacial score (nSPS) is 11.7. The van der Waals surface area contributed by atoms with Gasteiger partial charge in [0.05, 0.1) is 10.5 Å². The Morgan fingerprint density at radius 1 is 0.977 bits per heavy atom. The van der Waals surface area contributed by atoms with Crippen LogP contribution in [0.2, 0.25) is 0 Å². The molecule has 0 aliphatic carbocycles. The largest absolute Gasteiger partial charge is 0.480 e. The summed E-state index contributed by atoms with van der Waals surface area (Å²) in [6.07, 6.45) is -1.53. The summed E-state index contributed by atoms with van der Waals surface area (Å²) >= 11 is 0. The molecule has 230 valence electrons. The summed E-state index contributed by atoms with van der Waals surface area (Å²) < 4.78 is 42.4. The number of ether oxygens (including phenoxy) is 2. The van der Waals surface area contributed by atoms with Crippen LogP contribution in [0.15, 0.2) is 64.0 Å². The summed E-state index contributed by atoms with van der Waals surface area (Å²) in [4.78, 5) is 45.0. The van der Waals surface area contributed by atoms with Gasteiger partial charge in [-0.25, -0.2) is 27.5 Å². The summed E-state index contributed by atoms with van der Waals surface area (Å²) in [5, 5.41) is 15.3. The van der Waals surface area contributed by atoms with Crippen molar-refractivity contribution < 1.29 is 46.7 Å². The topological polar surface area (TPSA) is 191 Å². The maximum atomic E-state index is 12.7. The van der Waals surface area contributed by atoms with Crippen molar-refractivity contribution >= 4 is 56.1 Å². The van der Waals surface area contributed by atoms with Crippen molar-refractivity contribution in [1.29, 1.82) is 0 Å². The highest BCUT2D eigenvalue weighted by Gasteiger charge is 2.22. The molecule has 2 amide bonds. The van der Waals surface area contributed by atoms with Gasteiger partial charge in [-0.3, -0.25) is 0 Å². The molecule has 0 radical (unpaired) electrons. The first kappa shape index (κ1) is 33.5. The van der Waals surface area contributed by atoms with Crippen LogP contribution in [0.5, 0.6) is 0 Å². The maximum Gasteiger partial charge on any atom is 0.421 e. The molecular formula is C27H29N3O10S3. The maximum absolute atomic E-state index is 12.7. The highest BCUT2D eigenvalue weighted by atomic mass is 33.1. The lowest BCUT2D eigenvalue weighted by molar-refractivity contribution is -0.139. The number of carboxylic acids is 1. The van der Waals surface area contributed by atoms with Crippen molar-refractivity contribution in [3.63, 3.8) is 0 Å². The van der Waals surface area contributed by atoms with Gasteiger partial charge in [0.1, 0.15) is 37.0 Å². The average molecular weight is 652 g/mol. The highest BCUT2D eigenvalue weighted by molar-refractivity contribution is 8.76. The van der Waals surface area contributed by atoms with Crippen LogP contribution in [0.4, 0.5) is 9.59 Å². The van der Waals surface area contributed by atoms with E-state index in [1.54, 1.807) is 19.1 Å². The summed E-state index contributed by atoms with van der Waals surface area (Å²) in [5.41, 5.74) is 2.90. The van der Waals surface area contributed by atoms with Gasteiger partial charge in [0, 0.05) is 23.5 Å². The smallest absolute Gasteiger partial charge is 0.421 e. The second-order valence-corrected chi connectivity index (χ2v) is 13.0. The first-order chi connectivity index (χ1) is 20.6. The number of aldehydes is 1. The molecular weight excluding hydrogens is 623 g/mol. The Balaban J connectivity index is 1.38. The van der Waals surface area contributed by atoms with E-state index in [0.717, 1.165) is 11.1 Å². The SMILES string of the molecule is Cc1onc(-c2ccc(S(=O)(=O)NC(=O)OCCSSCCOC(=O)NC(CCC=O)C(=O)O)cc2)c1-c1ccccc1. The third kappa shape index (κ3) is 10.3. The number of rotatable bonds is 16. The van der Waals surface area contributed by atoms with E-state index in [9.17, 15) is 27.6 Å². The van der Waals surface area contributed by atoms with E-state index in [1.807, 2.05) is 35.1 Å². The molecule has 0 aliphatic heterocycles. The third-order valence-corrected chi connectivity index (χ3v) is 9.29. The van der Waals surface area contributed by atoms with Crippen LogP contribution in [0, 0.1) is 6.92 Å². The molecule has 0 saturated heterocycles. The number of hydrogen-bond donors (Lipinski definition) is 3. The monoisotopic (exact) mass is 651 g/mol. The van der Waals surface area contributed by atoms with Crippen LogP contribution < -0.4 is 10.0 Å². The minimum atomic E-state index is -4.19. The molecule has 0 fully saturated rings. The number of alkyl carbamates (subject to hydrolysis) is 1. The number of aromatic nitrogens is 1. The van der Waals surface area contributed by atoms with Crippen LogP contribution in [0.3, 0.4) is 0 Å². The van der Waals surface area contributed by atoms with E-state index in [-0.39, 0.29) is 31.0 Å². The fraction of sp³-hybridized carbons (Fsp3) is 0.296. The van der Waals surface area contributed by atoms with Crippen molar-refractivity contribution in [1.82, 2.24) is 15.2 Å². The summed E-state index contributed by atoms with van der Waals surface area (Å²) in [6, 6.07) is 14.2. The van der Waals surface area contributed by atoms with Crippen LogP contribution >= 0.6 is 21.6 Å². The van der Waals surface area contributed by atoms with Crippen LogP contribution in [-0.2, 0) is 29.1 Å². The predicted molar refractivity (Wildman–Crippen MR) is 160 cm³/mol. The first-order valence-corrected chi connectivity index (χ1v) is 16.8. The number of carbonyl (C=O) groups is 4. The minimum Gasteiger partial charge on any atom is -0.480 e. The number of amides is 2. The fourth-order valence-corrected chi connectivity index (χ4v) is 6.18. The van der Waals surface area contributed by atoms with Crippen LogP contribution in [0.25, 0.3) is 22.4 Å². The molecule has 1 unspecified atom stereocenters.